The van der Waals surface area contributed by atoms with Gasteiger partial charge in [-0.1, -0.05) is 11.6 Å². The van der Waals surface area contributed by atoms with Crippen molar-refractivity contribution in [3.63, 3.8) is 0 Å². The fraction of sp³-hybridized carbons (Fsp3) is 0.143. The minimum absolute atomic E-state index is 0.120. The molecule has 0 saturated heterocycles. The number of methoxy groups -OCH3 is 1. The summed E-state index contributed by atoms with van der Waals surface area (Å²) in [6.45, 7) is 1.48. The molecule has 23 heavy (non-hydrogen) atoms. The van der Waals surface area contributed by atoms with Crippen LogP contribution >= 0.6 is 11.6 Å². The Bertz CT molecular complexity index is 873. The third-order valence-electron chi connectivity index (χ3n) is 3.18. The van der Waals surface area contributed by atoms with Crippen molar-refractivity contribution in [2.24, 2.45) is 0 Å². The summed E-state index contributed by atoms with van der Waals surface area (Å²) in [5, 5.41) is 0.120. The molecule has 0 unspecified atom stereocenters. The molecule has 0 spiro atoms. The fourth-order valence-corrected chi connectivity index (χ4v) is 3.55. The highest BCUT2D eigenvalue weighted by molar-refractivity contribution is 7.92. The molecule has 0 atom stereocenters. The molecule has 9 heteroatoms. The van der Waals surface area contributed by atoms with Gasteiger partial charge in [-0.05, 0) is 36.8 Å². The number of halogens is 3. The number of nitrogen functional groups attached to an aromatic ring is 1. The maximum absolute atomic E-state index is 13.9. The van der Waals surface area contributed by atoms with Crippen LogP contribution in [0.15, 0.2) is 29.2 Å². The Balaban J connectivity index is 2.49. The van der Waals surface area contributed by atoms with Gasteiger partial charge >= 0.3 is 0 Å². The monoisotopic (exact) mass is 362 g/mol. The second-order valence-corrected chi connectivity index (χ2v) is 6.66. The standard InChI is InChI=1S/C14H13ClF2N2O3S/c1-7-11(6-5-10(22-2)12(7)15)23(20,21)19-9-4-3-8(16)14(18)13(9)17/h3-6,19H,18H2,1-2H3. The molecule has 0 radical (unpaired) electrons. The molecule has 0 fully saturated rings. The highest BCUT2D eigenvalue weighted by atomic mass is 35.5. The number of hydrogen-bond acceptors (Lipinski definition) is 4. The average Bonchev–Trinajstić information content (AvgIpc) is 2.50. The Labute approximate surface area is 137 Å². The summed E-state index contributed by atoms with van der Waals surface area (Å²) in [6, 6.07) is 4.45. The van der Waals surface area contributed by atoms with Crippen molar-refractivity contribution in [1.29, 1.82) is 0 Å². The van der Waals surface area contributed by atoms with Gasteiger partial charge in [-0.2, -0.15) is 0 Å². The average molecular weight is 363 g/mol. The first-order chi connectivity index (χ1) is 10.7. The first-order valence-electron chi connectivity index (χ1n) is 6.28. The van der Waals surface area contributed by atoms with E-state index in [1.165, 1.54) is 26.2 Å². The SMILES string of the molecule is COc1ccc(S(=O)(=O)Nc2ccc(F)c(N)c2F)c(C)c1Cl. The number of anilines is 2. The van der Waals surface area contributed by atoms with Crippen LogP contribution < -0.4 is 15.2 Å². The van der Waals surface area contributed by atoms with E-state index in [1.54, 1.807) is 0 Å². The Morgan fingerprint density at radius 3 is 2.48 bits per heavy atom. The number of ether oxygens (including phenoxy) is 1. The normalized spacial score (nSPS) is 11.3. The van der Waals surface area contributed by atoms with Gasteiger partial charge in [0.25, 0.3) is 10.0 Å². The summed E-state index contributed by atoms with van der Waals surface area (Å²) < 4.78 is 58.9. The summed E-state index contributed by atoms with van der Waals surface area (Å²) in [5.41, 5.74) is 4.21. The first-order valence-corrected chi connectivity index (χ1v) is 8.14. The molecule has 0 amide bonds. The van der Waals surface area contributed by atoms with E-state index >= 15 is 0 Å². The molecule has 0 heterocycles. The minimum atomic E-state index is -4.15. The Morgan fingerprint density at radius 2 is 1.87 bits per heavy atom. The second-order valence-electron chi connectivity index (χ2n) is 4.63. The zero-order chi connectivity index (χ0) is 17.4. The van der Waals surface area contributed by atoms with E-state index in [2.05, 4.69) is 0 Å². The van der Waals surface area contributed by atoms with Crippen LogP contribution in [0.2, 0.25) is 5.02 Å². The molecule has 0 aliphatic heterocycles. The van der Waals surface area contributed by atoms with Crippen LogP contribution in [-0.4, -0.2) is 15.5 Å². The van der Waals surface area contributed by atoms with Crippen LogP contribution in [0.1, 0.15) is 5.56 Å². The molecule has 0 aromatic heterocycles. The van der Waals surface area contributed by atoms with E-state index in [4.69, 9.17) is 22.1 Å². The van der Waals surface area contributed by atoms with E-state index in [-0.39, 0.29) is 15.5 Å². The molecule has 124 valence electrons. The number of nitrogens with two attached hydrogens (primary N) is 1. The maximum Gasteiger partial charge on any atom is 0.262 e. The van der Waals surface area contributed by atoms with E-state index in [9.17, 15) is 17.2 Å². The number of benzene rings is 2. The molecule has 0 aliphatic carbocycles. The van der Waals surface area contributed by atoms with E-state index in [1.807, 2.05) is 4.72 Å². The third-order valence-corrected chi connectivity index (χ3v) is 5.16. The number of hydrogen-bond donors (Lipinski definition) is 2. The molecule has 5 nitrogen and oxygen atoms in total. The lowest BCUT2D eigenvalue weighted by Gasteiger charge is -2.14. The Kier molecular flexibility index (Phi) is 4.67. The van der Waals surface area contributed by atoms with Crippen molar-refractivity contribution in [2.45, 2.75) is 11.8 Å². The molecule has 2 aromatic carbocycles. The highest BCUT2D eigenvalue weighted by Crippen LogP contribution is 2.33. The Hall–Kier alpha value is -2.06. The maximum atomic E-state index is 13.9. The van der Waals surface area contributed by atoms with Crippen molar-refractivity contribution in [1.82, 2.24) is 0 Å². The summed E-state index contributed by atoms with van der Waals surface area (Å²) in [4.78, 5) is -0.161. The summed E-state index contributed by atoms with van der Waals surface area (Å²) in [5.74, 6) is -1.86. The smallest absolute Gasteiger partial charge is 0.262 e. The molecular formula is C14H13ClF2N2O3S. The lowest BCUT2D eigenvalue weighted by atomic mass is 10.2. The molecule has 3 N–H and O–H groups in total. The van der Waals surface area contributed by atoms with Gasteiger partial charge in [-0.15, -0.1) is 0 Å². The quantitative estimate of drug-likeness (QED) is 0.817. The second kappa shape index (κ2) is 6.21. The van der Waals surface area contributed by atoms with Gasteiger partial charge in [0.2, 0.25) is 0 Å². The predicted octanol–water partition coefficient (Wildman–Crippen LogP) is 3.32. The molecule has 0 saturated carbocycles. The van der Waals surface area contributed by atoms with Crippen LogP contribution in [-0.2, 0) is 10.0 Å². The van der Waals surface area contributed by atoms with Crippen LogP contribution in [0.4, 0.5) is 20.2 Å². The van der Waals surface area contributed by atoms with Crippen molar-refractivity contribution < 1.29 is 21.9 Å². The topological polar surface area (TPSA) is 81.4 Å². The summed E-state index contributed by atoms with van der Waals surface area (Å²) in [7, 11) is -2.76. The van der Waals surface area contributed by atoms with Gasteiger partial charge < -0.3 is 10.5 Å². The Morgan fingerprint density at radius 1 is 1.22 bits per heavy atom. The summed E-state index contributed by atoms with van der Waals surface area (Å²) >= 11 is 6.02. The van der Waals surface area contributed by atoms with Gasteiger partial charge in [-0.25, -0.2) is 17.2 Å². The van der Waals surface area contributed by atoms with Crippen LogP contribution in [0.5, 0.6) is 5.75 Å². The van der Waals surface area contributed by atoms with Crippen LogP contribution in [0.25, 0.3) is 0 Å². The highest BCUT2D eigenvalue weighted by Gasteiger charge is 2.22. The van der Waals surface area contributed by atoms with Crippen LogP contribution in [0, 0.1) is 18.6 Å². The van der Waals surface area contributed by atoms with Crippen molar-refractivity contribution >= 4 is 33.0 Å². The van der Waals surface area contributed by atoms with Gasteiger partial charge in [0, 0.05) is 0 Å². The van der Waals surface area contributed by atoms with Crippen molar-refractivity contribution in [3.8, 4) is 5.75 Å². The van der Waals surface area contributed by atoms with Gasteiger partial charge in [0.1, 0.15) is 17.3 Å². The van der Waals surface area contributed by atoms with Crippen LogP contribution in [0.3, 0.4) is 0 Å². The number of nitrogens with one attached hydrogen (secondary N) is 1. The molecule has 2 rings (SSSR count). The van der Waals surface area contributed by atoms with Crippen molar-refractivity contribution in [2.75, 3.05) is 17.6 Å². The van der Waals surface area contributed by atoms with Gasteiger partial charge in [0.05, 0.1) is 22.7 Å². The fourth-order valence-electron chi connectivity index (χ4n) is 1.94. The minimum Gasteiger partial charge on any atom is -0.495 e. The molecule has 2 aromatic rings. The molecule has 0 bridgehead atoms. The zero-order valence-corrected chi connectivity index (χ0v) is 13.7. The molecular weight excluding hydrogens is 350 g/mol. The van der Waals surface area contributed by atoms with E-state index in [0.717, 1.165) is 12.1 Å². The van der Waals surface area contributed by atoms with E-state index < -0.39 is 33.0 Å². The third kappa shape index (κ3) is 3.18. The van der Waals surface area contributed by atoms with Gasteiger partial charge in [-0.3, -0.25) is 4.72 Å². The zero-order valence-electron chi connectivity index (χ0n) is 12.2. The molecule has 0 aliphatic rings. The summed E-state index contributed by atoms with van der Waals surface area (Å²) in [6.07, 6.45) is 0. The number of sulfonamides is 1. The van der Waals surface area contributed by atoms with Gasteiger partial charge in [0.15, 0.2) is 5.82 Å². The lowest BCUT2D eigenvalue weighted by Crippen LogP contribution is -2.16. The first kappa shape index (κ1) is 17.3. The predicted molar refractivity (Wildman–Crippen MR) is 84.3 cm³/mol. The lowest BCUT2D eigenvalue weighted by molar-refractivity contribution is 0.414. The largest absolute Gasteiger partial charge is 0.495 e. The van der Waals surface area contributed by atoms with E-state index in [0.29, 0.717) is 5.75 Å². The number of rotatable bonds is 4. The van der Waals surface area contributed by atoms with Crippen molar-refractivity contribution in [3.05, 3.63) is 46.5 Å².